The largest absolute Gasteiger partial charge is 0.466 e. The predicted octanol–water partition coefficient (Wildman–Crippen LogP) is 0.952. The molecule has 0 unspecified atom stereocenters. The molecule has 1 fully saturated rings. The van der Waals surface area contributed by atoms with Crippen molar-refractivity contribution in [1.82, 2.24) is 15.5 Å². The summed E-state index contributed by atoms with van der Waals surface area (Å²) >= 11 is 0. The monoisotopic (exact) mass is 297 g/mol. The molecule has 1 aromatic rings. The number of ether oxygens (including phenoxy) is 1. The van der Waals surface area contributed by atoms with E-state index in [4.69, 9.17) is 9.26 Å². The molecule has 7 heteroatoms. The minimum absolute atomic E-state index is 0.0786. The number of nitrogens with one attached hydrogen (secondary N) is 1. The van der Waals surface area contributed by atoms with E-state index in [1.165, 1.54) is 0 Å². The fraction of sp³-hybridized carbons (Fsp3) is 0.786. The molecule has 1 saturated carbocycles. The molecule has 7 nitrogen and oxygen atoms in total. The third kappa shape index (κ3) is 4.50. The first-order valence-corrected chi connectivity index (χ1v) is 7.41. The van der Waals surface area contributed by atoms with Crippen molar-refractivity contribution in [3.05, 3.63) is 11.7 Å². The van der Waals surface area contributed by atoms with Gasteiger partial charge in [0, 0.05) is 13.5 Å². The van der Waals surface area contributed by atoms with Gasteiger partial charge in [-0.15, -0.1) is 0 Å². The lowest BCUT2D eigenvalue weighted by atomic mass is 9.79. The van der Waals surface area contributed by atoms with Gasteiger partial charge >= 0.3 is 5.97 Å². The second-order valence-corrected chi connectivity index (χ2v) is 5.58. The van der Waals surface area contributed by atoms with Crippen LogP contribution in [0.5, 0.6) is 0 Å². The van der Waals surface area contributed by atoms with Gasteiger partial charge in [-0.2, -0.15) is 4.98 Å². The van der Waals surface area contributed by atoms with Crippen LogP contribution in [0, 0.1) is 12.8 Å². The number of rotatable bonds is 6. The van der Waals surface area contributed by atoms with Crippen molar-refractivity contribution in [2.24, 2.45) is 5.92 Å². The normalized spacial score (nSPS) is 25.8. The maximum absolute atomic E-state index is 11.7. The smallest absolute Gasteiger partial charge is 0.308 e. The van der Waals surface area contributed by atoms with Crippen LogP contribution in [0.1, 0.15) is 44.3 Å². The molecule has 1 aromatic heterocycles. The Morgan fingerprint density at radius 1 is 1.52 bits per heavy atom. The molecule has 118 valence electrons. The topological polar surface area (TPSA) is 97.5 Å². The van der Waals surface area contributed by atoms with E-state index in [9.17, 15) is 9.90 Å². The fourth-order valence-corrected chi connectivity index (χ4v) is 2.65. The van der Waals surface area contributed by atoms with Crippen LogP contribution in [0.4, 0.5) is 0 Å². The molecule has 0 saturated heterocycles. The highest BCUT2D eigenvalue weighted by Crippen LogP contribution is 2.32. The Morgan fingerprint density at radius 2 is 2.24 bits per heavy atom. The van der Waals surface area contributed by atoms with Crippen LogP contribution in [-0.2, 0) is 16.1 Å². The minimum atomic E-state index is -0.776. The molecule has 0 amide bonds. The van der Waals surface area contributed by atoms with Gasteiger partial charge < -0.3 is 19.7 Å². The maximum Gasteiger partial charge on any atom is 0.308 e. The summed E-state index contributed by atoms with van der Waals surface area (Å²) in [6.07, 6.45) is 2.51. The van der Waals surface area contributed by atoms with Crippen molar-refractivity contribution in [2.45, 2.75) is 51.7 Å². The number of aryl methyl sites for hydroxylation is 1. The zero-order valence-corrected chi connectivity index (χ0v) is 12.6. The Labute approximate surface area is 124 Å². The second-order valence-electron chi connectivity index (χ2n) is 5.58. The number of aliphatic hydroxyl groups is 1. The fourth-order valence-electron chi connectivity index (χ4n) is 2.65. The minimum Gasteiger partial charge on any atom is -0.466 e. The van der Waals surface area contributed by atoms with Gasteiger partial charge in [0.05, 0.1) is 24.7 Å². The van der Waals surface area contributed by atoms with Crippen LogP contribution < -0.4 is 5.32 Å². The lowest BCUT2D eigenvalue weighted by molar-refractivity contribution is -0.151. The zero-order chi connectivity index (χ0) is 15.3. The lowest BCUT2D eigenvalue weighted by Crippen LogP contribution is -2.44. The number of hydrogen-bond donors (Lipinski definition) is 2. The molecule has 0 radical (unpaired) electrons. The number of carbonyl (C=O) groups excluding carboxylic acids is 1. The Bertz CT molecular complexity index is 467. The molecule has 1 aliphatic carbocycles. The van der Waals surface area contributed by atoms with E-state index in [1.807, 2.05) is 0 Å². The summed E-state index contributed by atoms with van der Waals surface area (Å²) in [4.78, 5) is 15.8. The van der Waals surface area contributed by atoms with Crippen LogP contribution in [0.25, 0.3) is 0 Å². The molecule has 0 aliphatic heterocycles. The molecule has 1 aliphatic rings. The third-order valence-corrected chi connectivity index (χ3v) is 3.84. The van der Waals surface area contributed by atoms with Gasteiger partial charge in [-0.3, -0.25) is 4.79 Å². The molecular weight excluding hydrogens is 274 g/mol. The average molecular weight is 297 g/mol. The van der Waals surface area contributed by atoms with Crippen molar-refractivity contribution < 1.29 is 19.2 Å². The molecule has 2 N–H and O–H groups in total. The molecular formula is C14H23N3O4. The van der Waals surface area contributed by atoms with E-state index < -0.39 is 5.60 Å². The highest BCUT2D eigenvalue weighted by atomic mass is 16.5. The van der Waals surface area contributed by atoms with Crippen molar-refractivity contribution in [3.63, 3.8) is 0 Å². The first-order valence-electron chi connectivity index (χ1n) is 7.41. The van der Waals surface area contributed by atoms with E-state index >= 15 is 0 Å². The van der Waals surface area contributed by atoms with E-state index in [0.717, 1.165) is 0 Å². The SMILES string of the molecule is CCOC(=O)C1CCC(O)(CNCc2noc(C)n2)CC1. The van der Waals surface area contributed by atoms with Gasteiger partial charge in [0.15, 0.2) is 5.82 Å². The molecule has 0 atom stereocenters. The summed E-state index contributed by atoms with van der Waals surface area (Å²) in [5.41, 5.74) is -0.776. The summed E-state index contributed by atoms with van der Waals surface area (Å²) in [6.45, 7) is 4.86. The highest BCUT2D eigenvalue weighted by molar-refractivity contribution is 5.72. The molecule has 2 rings (SSSR count). The summed E-state index contributed by atoms with van der Waals surface area (Å²) in [5, 5.41) is 17.4. The van der Waals surface area contributed by atoms with Crippen molar-refractivity contribution in [3.8, 4) is 0 Å². The van der Waals surface area contributed by atoms with Crippen LogP contribution in [-0.4, -0.2) is 40.0 Å². The zero-order valence-electron chi connectivity index (χ0n) is 12.6. The van der Waals surface area contributed by atoms with Crippen LogP contribution in [0.2, 0.25) is 0 Å². The lowest BCUT2D eigenvalue weighted by Gasteiger charge is -2.35. The maximum atomic E-state index is 11.7. The second kappa shape index (κ2) is 7.00. The summed E-state index contributed by atoms with van der Waals surface area (Å²) < 4.78 is 9.91. The van der Waals surface area contributed by atoms with Gasteiger partial charge in [-0.1, -0.05) is 5.16 Å². The Hall–Kier alpha value is -1.47. The van der Waals surface area contributed by atoms with Crippen LogP contribution in [0.15, 0.2) is 4.52 Å². The number of hydrogen-bond acceptors (Lipinski definition) is 7. The molecule has 0 aromatic carbocycles. The van der Waals surface area contributed by atoms with Crippen molar-refractivity contribution >= 4 is 5.97 Å². The average Bonchev–Trinajstić information content (AvgIpc) is 2.85. The molecule has 1 heterocycles. The summed E-state index contributed by atoms with van der Waals surface area (Å²) in [5.74, 6) is 0.886. The Balaban J connectivity index is 1.73. The van der Waals surface area contributed by atoms with E-state index in [0.29, 0.717) is 57.1 Å². The first-order chi connectivity index (χ1) is 10.0. The summed E-state index contributed by atoms with van der Waals surface area (Å²) in [7, 11) is 0. The Morgan fingerprint density at radius 3 is 2.81 bits per heavy atom. The van der Waals surface area contributed by atoms with Crippen molar-refractivity contribution in [2.75, 3.05) is 13.2 Å². The molecule has 21 heavy (non-hydrogen) atoms. The number of aromatic nitrogens is 2. The van der Waals surface area contributed by atoms with E-state index in [-0.39, 0.29) is 11.9 Å². The van der Waals surface area contributed by atoms with Crippen molar-refractivity contribution in [1.29, 1.82) is 0 Å². The van der Waals surface area contributed by atoms with Gasteiger partial charge in [0.2, 0.25) is 5.89 Å². The van der Waals surface area contributed by atoms with E-state index in [1.54, 1.807) is 13.8 Å². The molecule has 0 spiro atoms. The van der Waals surface area contributed by atoms with E-state index in [2.05, 4.69) is 15.5 Å². The number of esters is 1. The van der Waals surface area contributed by atoms with Crippen LogP contribution >= 0.6 is 0 Å². The van der Waals surface area contributed by atoms with Gasteiger partial charge in [0.25, 0.3) is 0 Å². The number of carbonyl (C=O) groups is 1. The Kier molecular flexibility index (Phi) is 5.30. The predicted molar refractivity (Wildman–Crippen MR) is 74.3 cm³/mol. The molecule has 0 bridgehead atoms. The van der Waals surface area contributed by atoms with Gasteiger partial charge in [-0.25, -0.2) is 0 Å². The highest BCUT2D eigenvalue weighted by Gasteiger charge is 2.36. The first kappa shape index (κ1) is 15.9. The van der Waals surface area contributed by atoms with Gasteiger partial charge in [-0.05, 0) is 32.6 Å². The number of nitrogens with zero attached hydrogens (tertiary/aromatic N) is 2. The quantitative estimate of drug-likeness (QED) is 0.754. The standard InChI is InChI=1S/C14H23N3O4/c1-3-20-13(18)11-4-6-14(19,7-5-11)9-15-8-12-16-10(2)21-17-12/h11,15,19H,3-9H2,1-2H3. The van der Waals surface area contributed by atoms with Crippen LogP contribution in [0.3, 0.4) is 0 Å². The summed E-state index contributed by atoms with van der Waals surface area (Å²) in [6, 6.07) is 0. The van der Waals surface area contributed by atoms with Gasteiger partial charge in [0.1, 0.15) is 0 Å². The third-order valence-electron chi connectivity index (χ3n) is 3.84.